The fourth-order valence-corrected chi connectivity index (χ4v) is 1.67. The maximum Gasteiger partial charge on any atom is 0.123 e. The Kier molecular flexibility index (Phi) is 6.82. The van der Waals surface area contributed by atoms with Crippen molar-refractivity contribution in [3.8, 4) is 0 Å². The van der Waals surface area contributed by atoms with E-state index in [0.717, 1.165) is 38.2 Å². The number of benzene rings is 1. The molecule has 0 aliphatic heterocycles. The quantitative estimate of drug-likeness (QED) is 0.704. The fraction of sp³-hybridized carbons (Fsp3) is 0.571. The molecule has 0 radical (unpaired) electrons. The Balaban J connectivity index is 2.16. The molecule has 1 unspecified atom stereocenters. The van der Waals surface area contributed by atoms with Crippen LogP contribution >= 0.6 is 0 Å². The van der Waals surface area contributed by atoms with Crippen molar-refractivity contribution >= 4 is 0 Å². The van der Waals surface area contributed by atoms with Crippen molar-refractivity contribution in [3.63, 3.8) is 0 Å². The van der Waals surface area contributed by atoms with Gasteiger partial charge in [-0.1, -0.05) is 19.1 Å². The van der Waals surface area contributed by atoms with E-state index in [4.69, 9.17) is 4.74 Å². The average molecular weight is 239 g/mol. The minimum absolute atomic E-state index is 0.178. The second-order valence-electron chi connectivity index (χ2n) is 4.30. The Labute approximate surface area is 103 Å². The molecule has 3 heteroatoms. The predicted octanol–water partition coefficient (Wildman–Crippen LogP) is 2.77. The zero-order valence-corrected chi connectivity index (χ0v) is 10.7. The van der Waals surface area contributed by atoms with Gasteiger partial charge in [0, 0.05) is 19.2 Å². The molecule has 0 saturated carbocycles. The Morgan fingerprint density at radius 3 is 2.59 bits per heavy atom. The number of ether oxygens (including phenoxy) is 1. The molecule has 0 spiro atoms. The van der Waals surface area contributed by atoms with Crippen LogP contribution in [0, 0.1) is 5.82 Å². The van der Waals surface area contributed by atoms with Crippen LogP contribution in [-0.4, -0.2) is 25.8 Å². The third-order valence-corrected chi connectivity index (χ3v) is 2.54. The SMILES string of the molecule is CCCOCCNC(C)Cc1ccc(F)cc1. The van der Waals surface area contributed by atoms with Crippen LogP contribution in [0.15, 0.2) is 24.3 Å². The molecule has 1 rings (SSSR count). The summed E-state index contributed by atoms with van der Waals surface area (Å²) in [4.78, 5) is 0. The highest BCUT2D eigenvalue weighted by Gasteiger charge is 2.02. The van der Waals surface area contributed by atoms with Crippen molar-refractivity contribution in [2.45, 2.75) is 32.7 Å². The van der Waals surface area contributed by atoms with Gasteiger partial charge in [-0.05, 0) is 37.5 Å². The summed E-state index contributed by atoms with van der Waals surface area (Å²) in [6, 6.07) is 7.06. The lowest BCUT2D eigenvalue weighted by Crippen LogP contribution is -2.31. The lowest BCUT2D eigenvalue weighted by Gasteiger charge is -2.13. The monoisotopic (exact) mass is 239 g/mol. The zero-order valence-electron chi connectivity index (χ0n) is 10.7. The molecular formula is C14H22FNO. The molecule has 96 valence electrons. The van der Waals surface area contributed by atoms with Gasteiger partial charge in [0.05, 0.1) is 6.61 Å². The summed E-state index contributed by atoms with van der Waals surface area (Å²) < 4.78 is 18.1. The van der Waals surface area contributed by atoms with Crippen LogP contribution in [0.1, 0.15) is 25.8 Å². The smallest absolute Gasteiger partial charge is 0.123 e. The van der Waals surface area contributed by atoms with Crippen LogP contribution in [0.5, 0.6) is 0 Å². The molecule has 0 bridgehead atoms. The van der Waals surface area contributed by atoms with Gasteiger partial charge >= 0.3 is 0 Å². The second kappa shape index (κ2) is 8.20. The first-order valence-electron chi connectivity index (χ1n) is 6.28. The molecule has 1 aromatic rings. The first-order chi connectivity index (χ1) is 8.22. The van der Waals surface area contributed by atoms with Crippen molar-refractivity contribution in [1.82, 2.24) is 5.32 Å². The normalized spacial score (nSPS) is 12.6. The Hall–Kier alpha value is -0.930. The van der Waals surface area contributed by atoms with Crippen molar-refractivity contribution in [2.24, 2.45) is 0 Å². The van der Waals surface area contributed by atoms with E-state index in [2.05, 4.69) is 19.2 Å². The molecule has 0 aliphatic carbocycles. The highest BCUT2D eigenvalue weighted by atomic mass is 19.1. The van der Waals surface area contributed by atoms with E-state index in [0.29, 0.717) is 6.04 Å². The lowest BCUT2D eigenvalue weighted by atomic mass is 10.1. The summed E-state index contributed by atoms with van der Waals surface area (Å²) in [7, 11) is 0. The summed E-state index contributed by atoms with van der Waals surface area (Å²) in [5.41, 5.74) is 1.15. The summed E-state index contributed by atoms with van der Waals surface area (Å²) in [6.07, 6.45) is 1.97. The summed E-state index contributed by atoms with van der Waals surface area (Å²) in [6.45, 7) is 6.67. The molecular weight excluding hydrogens is 217 g/mol. The largest absolute Gasteiger partial charge is 0.380 e. The van der Waals surface area contributed by atoms with Gasteiger partial charge in [-0.3, -0.25) is 0 Å². The maximum atomic E-state index is 12.7. The van der Waals surface area contributed by atoms with E-state index in [1.54, 1.807) is 0 Å². The number of nitrogens with one attached hydrogen (secondary N) is 1. The van der Waals surface area contributed by atoms with Crippen molar-refractivity contribution in [3.05, 3.63) is 35.6 Å². The number of halogens is 1. The van der Waals surface area contributed by atoms with E-state index in [1.807, 2.05) is 12.1 Å². The third kappa shape index (κ3) is 6.39. The van der Waals surface area contributed by atoms with Crippen LogP contribution in [0.2, 0.25) is 0 Å². The first kappa shape index (κ1) is 14.1. The summed E-state index contributed by atoms with van der Waals surface area (Å²) in [5.74, 6) is -0.178. The van der Waals surface area contributed by atoms with E-state index >= 15 is 0 Å². The van der Waals surface area contributed by atoms with Gasteiger partial charge < -0.3 is 10.1 Å². The van der Waals surface area contributed by atoms with E-state index < -0.39 is 0 Å². The topological polar surface area (TPSA) is 21.3 Å². The molecule has 0 fully saturated rings. The highest BCUT2D eigenvalue weighted by molar-refractivity contribution is 5.16. The van der Waals surface area contributed by atoms with Gasteiger partial charge in [0.15, 0.2) is 0 Å². The Bertz CT molecular complexity index is 300. The highest BCUT2D eigenvalue weighted by Crippen LogP contribution is 2.05. The van der Waals surface area contributed by atoms with E-state index in [1.165, 1.54) is 12.1 Å². The van der Waals surface area contributed by atoms with Gasteiger partial charge in [-0.25, -0.2) is 4.39 Å². The van der Waals surface area contributed by atoms with Crippen LogP contribution in [0.4, 0.5) is 4.39 Å². The summed E-state index contributed by atoms with van der Waals surface area (Å²) in [5, 5.41) is 3.39. The van der Waals surface area contributed by atoms with Gasteiger partial charge in [0.2, 0.25) is 0 Å². The molecule has 1 atom stereocenters. The predicted molar refractivity (Wildman–Crippen MR) is 68.7 cm³/mol. The second-order valence-corrected chi connectivity index (χ2v) is 4.30. The number of rotatable bonds is 8. The molecule has 1 N–H and O–H groups in total. The lowest BCUT2D eigenvalue weighted by molar-refractivity contribution is 0.134. The molecule has 0 aliphatic rings. The van der Waals surface area contributed by atoms with Crippen molar-refractivity contribution in [2.75, 3.05) is 19.8 Å². The number of hydrogen-bond donors (Lipinski definition) is 1. The van der Waals surface area contributed by atoms with Gasteiger partial charge in [-0.15, -0.1) is 0 Å². The van der Waals surface area contributed by atoms with Gasteiger partial charge in [0.25, 0.3) is 0 Å². The number of hydrogen-bond acceptors (Lipinski definition) is 2. The standard InChI is InChI=1S/C14H22FNO/c1-3-9-17-10-8-16-12(2)11-13-4-6-14(15)7-5-13/h4-7,12,16H,3,8-11H2,1-2H3. The third-order valence-electron chi connectivity index (χ3n) is 2.54. The minimum atomic E-state index is -0.178. The molecule has 2 nitrogen and oxygen atoms in total. The van der Waals surface area contributed by atoms with E-state index in [-0.39, 0.29) is 5.82 Å². The molecule has 1 aromatic carbocycles. The Morgan fingerprint density at radius 2 is 1.94 bits per heavy atom. The molecule has 0 aromatic heterocycles. The fourth-order valence-electron chi connectivity index (χ4n) is 1.67. The first-order valence-corrected chi connectivity index (χ1v) is 6.28. The van der Waals surface area contributed by atoms with Crippen LogP contribution in [-0.2, 0) is 11.2 Å². The van der Waals surface area contributed by atoms with Crippen LogP contribution in [0.3, 0.4) is 0 Å². The minimum Gasteiger partial charge on any atom is -0.380 e. The van der Waals surface area contributed by atoms with E-state index in [9.17, 15) is 4.39 Å². The Morgan fingerprint density at radius 1 is 1.24 bits per heavy atom. The van der Waals surface area contributed by atoms with Crippen LogP contribution < -0.4 is 5.32 Å². The van der Waals surface area contributed by atoms with Crippen molar-refractivity contribution < 1.29 is 9.13 Å². The van der Waals surface area contributed by atoms with Crippen molar-refractivity contribution in [1.29, 1.82) is 0 Å². The van der Waals surface area contributed by atoms with Gasteiger partial charge in [-0.2, -0.15) is 0 Å². The average Bonchev–Trinajstić information content (AvgIpc) is 2.32. The van der Waals surface area contributed by atoms with Gasteiger partial charge in [0.1, 0.15) is 5.82 Å². The zero-order chi connectivity index (χ0) is 12.5. The van der Waals surface area contributed by atoms with Crippen LogP contribution in [0.25, 0.3) is 0 Å². The molecule has 0 saturated heterocycles. The molecule has 17 heavy (non-hydrogen) atoms. The molecule has 0 amide bonds. The summed E-state index contributed by atoms with van der Waals surface area (Å²) >= 11 is 0. The maximum absolute atomic E-state index is 12.7. The molecule has 0 heterocycles.